The average molecular weight is 268 g/mol. The minimum absolute atomic E-state index is 0.204. The summed E-state index contributed by atoms with van der Waals surface area (Å²) < 4.78 is 0. The fourth-order valence-corrected chi connectivity index (χ4v) is 3.11. The minimum atomic E-state index is 0.204. The van der Waals surface area contributed by atoms with Gasteiger partial charge in [-0.2, -0.15) is 0 Å². The zero-order chi connectivity index (χ0) is 14.3. The molecule has 0 bridgehead atoms. The van der Waals surface area contributed by atoms with Crippen molar-refractivity contribution in [1.82, 2.24) is 5.32 Å². The van der Waals surface area contributed by atoms with Gasteiger partial charge in [-0.25, -0.2) is 0 Å². The predicted octanol–water partition coefficient (Wildman–Crippen LogP) is 3.08. The van der Waals surface area contributed by atoms with Crippen LogP contribution in [0.25, 0.3) is 0 Å². The molecule has 2 unspecified atom stereocenters. The first-order valence-electron chi connectivity index (χ1n) is 8.00. The molecule has 3 atom stereocenters. The van der Waals surface area contributed by atoms with Gasteiger partial charge in [-0.15, -0.1) is 0 Å². The van der Waals surface area contributed by atoms with Crippen LogP contribution in [0.2, 0.25) is 0 Å². The summed E-state index contributed by atoms with van der Waals surface area (Å²) in [4.78, 5) is 12.1. The summed E-state index contributed by atoms with van der Waals surface area (Å²) in [6, 6.07) is 0.398. The average Bonchev–Trinajstić information content (AvgIpc) is 2.53. The van der Waals surface area contributed by atoms with Gasteiger partial charge in [0, 0.05) is 12.5 Å². The predicted molar refractivity (Wildman–Crippen MR) is 80.8 cm³/mol. The Morgan fingerprint density at radius 1 is 1.26 bits per heavy atom. The normalized spacial score (nSPS) is 25.9. The van der Waals surface area contributed by atoms with Crippen LogP contribution in [0.1, 0.15) is 65.7 Å². The lowest BCUT2D eigenvalue weighted by atomic mass is 9.93. The van der Waals surface area contributed by atoms with Crippen molar-refractivity contribution in [2.24, 2.45) is 23.5 Å². The van der Waals surface area contributed by atoms with Crippen LogP contribution in [-0.2, 0) is 4.79 Å². The van der Waals surface area contributed by atoms with E-state index in [0.29, 0.717) is 30.8 Å². The highest BCUT2D eigenvalue weighted by Gasteiger charge is 2.20. The Morgan fingerprint density at radius 3 is 2.63 bits per heavy atom. The molecule has 1 rings (SSSR count). The molecule has 1 amide bonds. The maximum atomic E-state index is 12.1. The molecule has 0 aromatic carbocycles. The van der Waals surface area contributed by atoms with Crippen LogP contribution < -0.4 is 11.1 Å². The maximum absolute atomic E-state index is 12.1. The molecule has 1 aliphatic carbocycles. The molecule has 19 heavy (non-hydrogen) atoms. The standard InChI is InChI=1S/C16H32N2O/c1-12(2)9-14(11-17)10-16(19)18-15-6-4-5-13(3)7-8-15/h12-15H,4-11,17H2,1-3H3,(H,18,19)/t13?,14-,15?/m0/s1. The molecule has 0 heterocycles. The van der Waals surface area contributed by atoms with E-state index in [-0.39, 0.29) is 5.91 Å². The monoisotopic (exact) mass is 268 g/mol. The minimum Gasteiger partial charge on any atom is -0.353 e. The van der Waals surface area contributed by atoms with Crippen molar-refractivity contribution < 1.29 is 4.79 Å². The second-order valence-corrected chi connectivity index (χ2v) is 6.81. The smallest absolute Gasteiger partial charge is 0.220 e. The van der Waals surface area contributed by atoms with Crippen molar-refractivity contribution in [1.29, 1.82) is 0 Å². The molecular formula is C16H32N2O. The number of carbonyl (C=O) groups is 1. The van der Waals surface area contributed by atoms with E-state index in [1.54, 1.807) is 0 Å². The Balaban J connectivity index is 2.32. The highest BCUT2D eigenvalue weighted by Crippen LogP contribution is 2.23. The van der Waals surface area contributed by atoms with Crippen LogP contribution in [-0.4, -0.2) is 18.5 Å². The molecule has 0 saturated heterocycles. The quantitative estimate of drug-likeness (QED) is 0.727. The van der Waals surface area contributed by atoms with Crippen LogP contribution in [0.4, 0.5) is 0 Å². The third kappa shape index (κ3) is 6.95. The molecule has 3 N–H and O–H groups in total. The number of hydrogen-bond donors (Lipinski definition) is 2. The number of carbonyl (C=O) groups excluding carboxylic acids is 1. The molecule has 1 fully saturated rings. The number of hydrogen-bond acceptors (Lipinski definition) is 2. The summed E-state index contributed by atoms with van der Waals surface area (Å²) in [5.41, 5.74) is 5.77. The lowest BCUT2D eigenvalue weighted by molar-refractivity contribution is -0.122. The van der Waals surface area contributed by atoms with E-state index in [1.807, 2.05) is 0 Å². The molecule has 1 saturated carbocycles. The van der Waals surface area contributed by atoms with E-state index >= 15 is 0 Å². The summed E-state index contributed by atoms with van der Waals surface area (Å²) in [5, 5.41) is 3.22. The number of amides is 1. The van der Waals surface area contributed by atoms with Gasteiger partial charge in [0.1, 0.15) is 0 Å². The number of rotatable bonds is 6. The van der Waals surface area contributed by atoms with Gasteiger partial charge in [-0.3, -0.25) is 4.79 Å². The van der Waals surface area contributed by atoms with Gasteiger partial charge >= 0.3 is 0 Å². The molecule has 0 spiro atoms. The summed E-state index contributed by atoms with van der Waals surface area (Å²) >= 11 is 0. The highest BCUT2D eigenvalue weighted by molar-refractivity contribution is 5.76. The van der Waals surface area contributed by atoms with Crippen molar-refractivity contribution >= 4 is 5.91 Å². The van der Waals surface area contributed by atoms with Crippen LogP contribution >= 0.6 is 0 Å². The Bertz CT molecular complexity index is 265. The van der Waals surface area contributed by atoms with Crippen LogP contribution in [0, 0.1) is 17.8 Å². The molecule has 3 nitrogen and oxygen atoms in total. The zero-order valence-corrected chi connectivity index (χ0v) is 13.0. The number of nitrogens with one attached hydrogen (secondary N) is 1. The molecule has 0 aliphatic heterocycles. The summed E-state index contributed by atoms with van der Waals surface area (Å²) in [6.07, 6.45) is 7.74. The first-order chi connectivity index (χ1) is 9.01. The number of nitrogens with two attached hydrogens (primary N) is 1. The third-order valence-electron chi connectivity index (χ3n) is 4.23. The SMILES string of the molecule is CC(C)C[C@H](CN)CC(=O)NC1CCCC(C)CC1. The van der Waals surface area contributed by atoms with E-state index < -0.39 is 0 Å². The molecule has 3 heteroatoms. The first kappa shape index (κ1) is 16.5. The fourth-order valence-electron chi connectivity index (χ4n) is 3.11. The van der Waals surface area contributed by atoms with E-state index in [0.717, 1.165) is 25.2 Å². The Labute approximate surface area is 118 Å². The topological polar surface area (TPSA) is 55.1 Å². The molecule has 0 radical (unpaired) electrons. The molecule has 0 aromatic heterocycles. The Hall–Kier alpha value is -0.570. The van der Waals surface area contributed by atoms with Crippen molar-refractivity contribution in [3.63, 3.8) is 0 Å². The second-order valence-electron chi connectivity index (χ2n) is 6.81. The van der Waals surface area contributed by atoms with Crippen LogP contribution in [0.15, 0.2) is 0 Å². The second kappa shape index (κ2) is 8.57. The largest absolute Gasteiger partial charge is 0.353 e. The van der Waals surface area contributed by atoms with Gasteiger partial charge in [0.2, 0.25) is 5.91 Å². The van der Waals surface area contributed by atoms with E-state index in [9.17, 15) is 4.79 Å². The van der Waals surface area contributed by atoms with Crippen LogP contribution in [0.5, 0.6) is 0 Å². The third-order valence-corrected chi connectivity index (χ3v) is 4.23. The van der Waals surface area contributed by atoms with Gasteiger partial charge in [-0.1, -0.05) is 33.6 Å². The molecule has 0 aromatic rings. The van der Waals surface area contributed by atoms with E-state index in [2.05, 4.69) is 26.1 Å². The van der Waals surface area contributed by atoms with Gasteiger partial charge < -0.3 is 11.1 Å². The van der Waals surface area contributed by atoms with Crippen molar-refractivity contribution in [3.8, 4) is 0 Å². The van der Waals surface area contributed by atoms with Crippen LogP contribution in [0.3, 0.4) is 0 Å². The van der Waals surface area contributed by atoms with Gasteiger partial charge in [0.05, 0.1) is 0 Å². The first-order valence-corrected chi connectivity index (χ1v) is 8.00. The van der Waals surface area contributed by atoms with Crippen molar-refractivity contribution in [2.45, 2.75) is 71.8 Å². The Morgan fingerprint density at radius 2 is 2.00 bits per heavy atom. The van der Waals surface area contributed by atoms with E-state index in [4.69, 9.17) is 5.73 Å². The van der Waals surface area contributed by atoms with E-state index in [1.165, 1.54) is 19.3 Å². The maximum Gasteiger partial charge on any atom is 0.220 e. The molecular weight excluding hydrogens is 236 g/mol. The summed E-state index contributed by atoms with van der Waals surface area (Å²) in [5.74, 6) is 1.97. The van der Waals surface area contributed by atoms with Gasteiger partial charge in [0.25, 0.3) is 0 Å². The van der Waals surface area contributed by atoms with Crippen molar-refractivity contribution in [2.75, 3.05) is 6.54 Å². The highest BCUT2D eigenvalue weighted by atomic mass is 16.1. The summed E-state index contributed by atoms with van der Waals surface area (Å²) in [7, 11) is 0. The van der Waals surface area contributed by atoms with Gasteiger partial charge in [0.15, 0.2) is 0 Å². The fraction of sp³-hybridized carbons (Fsp3) is 0.938. The molecule has 112 valence electrons. The molecule has 1 aliphatic rings. The summed E-state index contributed by atoms with van der Waals surface area (Å²) in [6.45, 7) is 7.31. The zero-order valence-electron chi connectivity index (χ0n) is 13.0. The lowest BCUT2D eigenvalue weighted by Crippen LogP contribution is -2.36. The van der Waals surface area contributed by atoms with Crippen molar-refractivity contribution in [3.05, 3.63) is 0 Å². The Kier molecular flexibility index (Phi) is 7.44. The van der Waals surface area contributed by atoms with Gasteiger partial charge in [-0.05, 0) is 50.0 Å². The lowest BCUT2D eigenvalue weighted by Gasteiger charge is -2.20.